The molecule has 0 heterocycles. The van der Waals surface area contributed by atoms with Gasteiger partial charge in [-0.3, -0.25) is 0 Å². The minimum absolute atomic E-state index is 0. The van der Waals surface area contributed by atoms with Gasteiger partial charge in [-0.15, -0.1) is 0 Å². The van der Waals surface area contributed by atoms with Crippen molar-refractivity contribution < 1.29 is 5.11 Å². The molecule has 1 nitrogen and oxygen atoms in total. The molecule has 0 atom stereocenters. The van der Waals surface area contributed by atoms with Crippen LogP contribution in [0.25, 0.3) is 0 Å². The molecule has 0 amide bonds. The van der Waals surface area contributed by atoms with Crippen LogP contribution in [0.3, 0.4) is 0 Å². The first-order valence-electron chi connectivity index (χ1n) is 6.21. The maximum Gasteiger partial charge on any atom is 0.0926 e. The summed E-state index contributed by atoms with van der Waals surface area (Å²) < 4.78 is 0. The van der Waals surface area contributed by atoms with Gasteiger partial charge in [0.25, 0.3) is 0 Å². The van der Waals surface area contributed by atoms with Crippen molar-refractivity contribution >= 4 is 0 Å². The van der Waals surface area contributed by atoms with Crippen molar-refractivity contribution in [3.63, 3.8) is 0 Å². The molecule has 0 aliphatic heterocycles. The Labute approximate surface area is 106 Å². The second-order valence-corrected chi connectivity index (χ2v) is 4.05. The number of aliphatic hydroxyl groups is 1. The highest BCUT2D eigenvalue weighted by Gasteiger charge is 2.11. The van der Waals surface area contributed by atoms with E-state index in [0.29, 0.717) is 5.76 Å². The Morgan fingerprint density at radius 2 is 1.35 bits per heavy atom. The van der Waals surface area contributed by atoms with E-state index in [1.54, 1.807) is 0 Å². The summed E-state index contributed by atoms with van der Waals surface area (Å²) in [6, 6.07) is 0. The predicted molar refractivity (Wildman–Crippen MR) is 77.2 cm³/mol. The van der Waals surface area contributed by atoms with E-state index in [2.05, 4.69) is 25.2 Å². The largest absolute Gasteiger partial charge is 0.512 e. The highest BCUT2D eigenvalue weighted by Crippen LogP contribution is 2.29. The van der Waals surface area contributed by atoms with E-state index in [4.69, 9.17) is 0 Å². The highest BCUT2D eigenvalue weighted by molar-refractivity contribution is 5.41. The zero-order chi connectivity index (χ0) is 12.0. The third-order valence-electron chi connectivity index (χ3n) is 2.90. The van der Waals surface area contributed by atoms with Gasteiger partial charge in [-0.1, -0.05) is 45.1 Å². The van der Waals surface area contributed by atoms with Crippen molar-refractivity contribution in [2.75, 3.05) is 0 Å². The Hall–Kier alpha value is -1.24. The molecule has 0 aromatic carbocycles. The zero-order valence-corrected chi connectivity index (χ0v) is 10.6. The maximum absolute atomic E-state index is 9.25. The normalized spacial score (nSPS) is 18.5. The standard InChI is InChI=1S/C13H16O.C2H6.CH4/c1-10-2-4-11(5-3-10)12-6-8-13(14)9-7-12;1-2;/h2,4,6,8,14H,3,5,7,9H2,1H3;1-2H3;1H4. The lowest BCUT2D eigenvalue weighted by Crippen LogP contribution is -1.99. The van der Waals surface area contributed by atoms with Gasteiger partial charge in [-0.05, 0) is 43.4 Å². The second-order valence-electron chi connectivity index (χ2n) is 4.05. The van der Waals surface area contributed by atoms with Crippen molar-refractivity contribution in [1.29, 1.82) is 0 Å². The van der Waals surface area contributed by atoms with Crippen LogP contribution in [0, 0.1) is 0 Å². The van der Waals surface area contributed by atoms with E-state index in [1.807, 2.05) is 19.9 Å². The summed E-state index contributed by atoms with van der Waals surface area (Å²) in [5.74, 6) is 0.511. The van der Waals surface area contributed by atoms with Crippen LogP contribution in [0.5, 0.6) is 0 Å². The van der Waals surface area contributed by atoms with Crippen LogP contribution >= 0.6 is 0 Å². The average molecular weight is 234 g/mol. The molecule has 1 N–H and O–H groups in total. The summed E-state index contributed by atoms with van der Waals surface area (Å²) in [5.41, 5.74) is 4.30. The summed E-state index contributed by atoms with van der Waals surface area (Å²) in [6.07, 6.45) is 12.4. The van der Waals surface area contributed by atoms with Crippen LogP contribution in [0.15, 0.2) is 46.8 Å². The molecule has 1 heteroatoms. The molecular weight excluding hydrogens is 208 g/mol. The summed E-state index contributed by atoms with van der Waals surface area (Å²) in [4.78, 5) is 0. The molecule has 0 spiro atoms. The molecule has 0 fully saturated rings. The number of hydrogen-bond acceptors (Lipinski definition) is 1. The quantitative estimate of drug-likeness (QED) is 0.637. The molecule has 0 saturated heterocycles. The Kier molecular flexibility index (Phi) is 7.36. The molecule has 2 aliphatic rings. The van der Waals surface area contributed by atoms with Gasteiger partial charge in [0.1, 0.15) is 0 Å². The lowest BCUT2D eigenvalue weighted by Gasteiger charge is -2.17. The minimum Gasteiger partial charge on any atom is -0.512 e. The van der Waals surface area contributed by atoms with Gasteiger partial charge in [0, 0.05) is 6.42 Å². The third kappa shape index (κ3) is 4.64. The lowest BCUT2D eigenvalue weighted by molar-refractivity contribution is 0.386. The Morgan fingerprint density at radius 3 is 1.76 bits per heavy atom. The van der Waals surface area contributed by atoms with Crippen LogP contribution in [0.1, 0.15) is 53.9 Å². The minimum atomic E-state index is 0. The van der Waals surface area contributed by atoms with Gasteiger partial charge < -0.3 is 5.11 Å². The van der Waals surface area contributed by atoms with Gasteiger partial charge >= 0.3 is 0 Å². The summed E-state index contributed by atoms with van der Waals surface area (Å²) >= 11 is 0. The van der Waals surface area contributed by atoms with Crippen LogP contribution in [-0.4, -0.2) is 5.11 Å². The van der Waals surface area contributed by atoms with Crippen molar-refractivity contribution in [2.24, 2.45) is 0 Å². The van der Waals surface area contributed by atoms with E-state index < -0.39 is 0 Å². The van der Waals surface area contributed by atoms with E-state index in [1.165, 1.54) is 23.1 Å². The second kappa shape index (κ2) is 7.94. The van der Waals surface area contributed by atoms with E-state index >= 15 is 0 Å². The molecule has 0 bridgehead atoms. The number of allylic oxidation sites excluding steroid dienone is 8. The smallest absolute Gasteiger partial charge is 0.0926 e. The van der Waals surface area contributed by atoms with E-state index in [9.17, 15) is 5.11 Å². The summed E-state index contributed by atoms with van der Waals surface area (Å²) in [7, 11) is 0. The van der Waals surface area contributed by atoms with Crippen LogP contribution in [-0.2, 0) is 0 Å². The lowest BCUT2D eigenvalue weighted by atomic mass is 9.89. The molecule has 2 aliphatic carbocycles. The Morgan fingerprint density at radius 1 is 0.824 bits per heavy atom. The Balaban J connectivity index is 0.000000811. The van der Waals surface area contributed by atoms with Gasteiger partial charge in [-0.2, -0.15) is 0 Å². The van der Waals surface area contributed by atoms with Crippen LogP contribution in [0.4, 0.5) is 0 Å². The fourth-order valence-electron chi connectivity index (χ4n) is 1.90. The monoisotopic (exact) mass is 234 g/mol. The fourth-order valence-corrected chi connectivity index (χ4v) is 1.90. The first-order chi connectivity index (χ1) is 7.75. The molecule has 0 radical (unpaired) electrons. The summed E-state index contributed by atoms with van der Waals surface area (Å²) in [5, 5.41) is 9.25. The molecule has 17 heavy (non-hydrogen) atoms. The van der Waals surface area contributed by atoms with Crippen molar-refractivity contribution in [3.05, 3.63) is 46.8 Å². The van der Waals surface area contributed by atoms with E-state index in [0.717, 1.165) is 19.3 Å². The van der Waals surface area contributed by atoms with Crippen molar-refractivity contribution in [1.82, 2.24) is 0 Å². The van der Waals surface area contributed by atoms with Crippen LogP contribution in [0.2, 0.25) is 0 Å². The first kappa shape index (κ1) is 15.8. The molecule has 0 aromatic heterocycles. The third-order valence-corrected chi connectivity index (χ3v) is 2.90. The molecule has 96 valence electrons. The summed E-state index contributed by atoms with van der Waals surface area (Å²) in [6.45, 7) is 6.17. The maximum atomic E-state index is 9.25. The number of rotatable bonds is 1. The van der Waals surface area contributed by atoms with Gasteiger partial charge in [-0.25, -0.2) is 0 Å². The predicted octanol–water partition coefficient (Wildman–Crippen LogP) is 5.48. The first-order valence-corrected chi connectivity index (χ1v) is 6.21. The molecule has 0 saturated carbocycles. The van der Waals surface area contributed by atoms with Gasteiger partial charge in [0.15, 0.2) is 0 Å². The SMILES string of the molecule is C.CC.CC1=CC=C(C2=CC=C(O)CC2)CC1. The van der Waals surface area contributed by atoms with Crippen molar-refractivity contribution in [3.8, 4) is 0 Å². The Bertz CT molecular complexity index is 318. The number of aliphatic hydroxyl groups excluding tert-OH is 1. The number of hydrogen-bond donors (Lipinski definition) is 1. The average Bonchev–Trinajstić information content (AvgIpc) is 2.34. The molecule has 2 rings (SSSR count). The van der Waals surface area contributed by atoms with Crippen molar-refractivity contribution in [2.45, 2.75) is 53.9 Å². The molecule has 0 aromatic rings. The highest BCUT2D eigenvalue weighted by atomic mass is 16.3. The van der Waals surface area contributed by atoms with Gasteiger partial charge in [0.2, 0.25) is 0 Å². The zero-order valence-electron chi connectivity index (χ0n) is 10.6. The van der Waals surface area contributed by atoms with Gasteiger partial charge in [0.05, 0.1) is 5.76 Å². The van der Waals surface area contributed by atoms with Crippen LogP contribution < -0.4 is 0 Å². The molecular formula is C16H26O. The molecule has 0 unspecified atom stereocenters. The topological polar surface area (TPSA) is 20.2 Å². The van der Waals surface area contributed by atoms with E-state index in [-0.39, 0.29) is 7.43 Å². The fraction of sp³-hybridized carbons (Fsp3) is 0.500.